The summed E-state index contributed by atoms with van der Waals surface area (Å²) >= 11 is 5.97. The lowest BCUT2D eigenvalue weighted by atomic mass is 9.90. The van der Waals surface area contributed by atoms with Crippen LogP contribution in [0.25, 0.3) is 0 Å². The molecule has 1 heterocycles. The van der Waals surface area contributed by atoms with E-state index in [1.807, 2.05) is 12.1 Å². The number of likely N-dealkylation sites (N-methyl/N-ethyl adjacent to an activating group) is 1. The molecule has 0 aliphatic carbocycles. The molecule has 2 rings (SSSR count). The average molecular weight is 312 g/mol. The summed E-state index contributed by atoms with van der Waals surface area (Å²) in [5, 5.41) is 4.05. The van der Waals surface area contributed by atoms with Gasteiger partial charge in [0.05, 0.1) is 0 Å². The minimum atomic E-state index is 0.664. The fraction of sp³-hybridized carbons (Fsp3) is 0.625. The molecule has 21 heavy (non-hydrogen) atoms. The topological polar surface area (TPSA) is 50.5 Å². The molecular formula is C16H26ClN3O. The fourth-order valence-corrected chi connectivity index (χ4v) is 3.11. The number of halogens is 1. The van der Waals surface area contributed by atoms with Crippen LogP contribution in [0.4, 0.5) is 0 Å². The van der Waals surface area contributed by atoms with Crippen molar-refractivity contribution < 1.29 is 4.84 Å². The third-order valence-corrected chi connectivity index (χ3v) is 4.46. The number of likely N-dealkylation sites (tertiary alicyclic amines) is 1. The van der Waals surface area contributed by atoms with Crippen LogP contribution in [0.3, 0.4) is 0 Å². The zero-order valence-electron chi connectivity index (χ0n) is 12.8. The summed E-state index contributed by atoms with van der Waals surface area (Å²) in [6.07, 6.45) is 3.49. The maximum atomic E-state index is 5.97. The van der Waals surface area contributed by atoms with Crippen molar-refractivity contribution in [2.45, 2.75) is 26.2 Å². The van der Waals surface area contributed by atoms with Crippen LogP contribution in [0.15, 0.2) is 18.2 Å². The normalized spacial score (nSPS) is 17.1. The second-order valence-electron chi connectivity index (χ2n) is 5.71. The summed E-state index contributed by atoms with van der Waals surface area (Å²) in [4.78, 5) is 7.49. The number of nitrogens with two attached hydrogens (primary N) is 1. The molecule has 4 nitrogen and oxygen atoms in total. The highest BCUT2D eigenvalue weighted by Gasteiger charge is 2.20. The predicted octanol–water partition coefficient (Wildman–Crippen LogP) is 2.46. The van der Waals surface area contributed by atoms with Gasteiger partial charge in [-0.15, -0.1) is 0 Å². The summed E-state index contributed by atoms with van der Waals surface area (Å²) < 4.78 is 0. The summed E-state index contributed by atoms with van der Waals surface area (Å²) in [6.45, 7) is 7.80. The van der Waals surface area contributed by atoms with Crippen molar-refractivity contribution in [1.29, 1.82) is 0 Å². The smallest absolute Gasteiger partial charge is 0.151 e. The van der Waals surface area contributed by atoms with Crippen molar-refractivity contribution in [1.82, 2.24) is 10.2 Å². The van der Waals surface area contributed by atoms with E-state index in [0.717, 1.165) is 31.6 Å². The Morgan fingerprint density at radius 2 is 2.14 bits per heavy atom. The first-order valence-corrected chi connectivity index (χ1v) is 8.19. The van der Waals surface area contributed by atoms with E-state index in [2.05, 4.69) is 17.1 Å². The van der Waals surface area contributed by atoms with Gasteiger partial charge in [0.15, 0.2) is 5.75 Å². The molecule has 1 aromatic carbocycles. The molecule has 0 spiro atoms. The first-order chi connectivity index (χ1) is 10.2. The molecule has 1 aliphatic heterocycles. The number of nitrogens with zero attached hydrogens (tertiary/aromatic N) is 1. The molecule has 0 amide bonds. The SMILES string of the molecule is CCNCCN1CCC(Cc2ccc(Cl)cc2ON)CC1. The quantitative estimate of drug-likeness (QED) is 0.600. The number of nitrogens with one attached hydrogen (secondary N) is 1. The van der Waals surface area contributed by atoms with Gasteiger partial charge in [-0.1, -0.05) is 24.6 Å². The van der Waals surface area contributed by atoms with Crippen molar-refractivity contribution in [3.8, 4) is 5.75 Å². The first-order valence-electron chi connectivity index (χ1n) is 7.81. The van der Waals surface area contributed by atoms with Crippen LogP contribution >= 0.6 is 11.6 Å². The molecule has 0 unspecified atom stereocenters. The molecule has 0 atom stereocenters. The van der Waals surface area contributed by atoms with E-state index in [-0.39, 0.29) is 0 Å². The summed E-state index contributed by atoms with van der Waals surface area (Å²) in [6, 6.07) is 5.73. The number of rotatable bonds is 7. The van der Waals surface area contributed by atoms with E-state index in [1.165, 1.54) is 25.9 Å². The lowest BCUT2D eigenvalue weighted by molar-refractivity contribution is 0.184. The maximum Gasteiger partial charge on any atom is 0.151 e. The second kappa shape index (κ2) is 8.59. The van der Waals surface area contributed by atoms with Gasteiger partial charge in [0, 0.05) is 24.2 Å². The molecule has 0 saturated carbocycles. The number of hydrogen-bond donors (Lipinski definition) is 2. The van der Waals surface area contributed by atoms with Crippen LogP contribution in [-0.4, -0.2) is 37.6 Å². The average Bonchev–Trinajstić information content (AvgIpc) is 2.51. The molecule has 0 radical (unpaired) electrons. The van der Waals surface area contributed by atoms with Crippen molar-refractivity contribution in [3.05, 3.63) is 28.8 Å². The molecule has 118 valence electrons. The highest BCUT2D eigenvalue weighted by Crippen LogP contribution is 2.28. The van der Waals surface area contributed by atoms with Crippen molar-refractivity contribution >= 4 is 11.6 Å². The van der Waals surface area contributed by atoms with Crippen LogP contribution in [-0.2, 0) is 6.42 Å². The predicted molar refractivity (Wildman–Crippen MR) is 87.7 cm³/mol. The zero-order chi connectivity index (χ0) is 15.1. The number of benzene rings is 1. The molecule has 1 saturated heterocycles. The Bertz CT molecular complexity index is 434. The van der Waals surface area contributed by atoms with Crippen LogP contribution in [0.5, 0.6) is 5.75 Å². The molecular weight excluding hydrogens is 286 g/mol. The van der Waals surface area contributed by atoms with Gasteiger partial charge in [0.2, 0.25) is 0 Å². The minimum Gasteiger partial charge on any atom is -0.411 e. The lowest BCUT2D eigenvalue weighted by Gasteiger charge is -2.32. The summed E-state index contributed by atoms with van der Waals surface area (Å²) in [7, 11) is 0. The minimum absolute atomic E-state index is 0.664. The van der Waals surface area contributed by atoms with Gasteiger partial charge in [-0.05, 0) is 56.4 Å². The van der Waals surface area contributed by atoms with Gasteiger partial charge in [-0.3, -0.25) is 0 Å². The summed E-state index contributed by atoms with van der Waals surface area (Å²) in [5.74, 6) is 6.75. The van der Waals surface area contributed by atoms with Crippen molar-refractivity contribution in [3.63, 3.8) is 0 Å². The Balaban J connectivity index is 1.81. The van der Waals surface area contributed by atoms with E-state index >= 15 is 0 Å². The molecule has 1 aromatic rings. The van der Waals surface area contributed by atoms with E-state index in [1.54, 1.807) is 6.07 Å². The van der Waals surface area contributed by atoms with Gasteiger partial charge in [0.1, 0.15) is 0 Å². The fourth-order valence-electron chi connectivity index (χ4n) is 2.95. The summed E-state index contributed by atoms with van der Waals surface area (Å²) in [5.41, 5.74) is 1.16. The molecule has 0 bridgehead atoms. The van der Waals surface area contributed by atoms with E-state index in [9.17, 15) is 0 Å². The van der Waals surface area contributed by atoms with Crippen molar-refractivity contribution in [2.75, 3.05) is 32.7 Å². The second-order valence-corrected chi connectivity index (χ2v) is 6.15. The molecule has 3 N–H and O–H groups in total. The molecule has 1 fully saturated rings. The standard InChI is InChI=1S/C16H26ClN3O/c1-2-19-7-10-20-8-5-13(6-9-20)11-14-3-4-15(17)12-16(14)21-18/h3-4,12-13,19H,2,5-11,18H2,1H3. The van der Waals surface area contributed by atoms with Gasteiger partial charge in [-0.25, -0.2) is 0 Å². The van der Waals surface area contributed by atoms with E-state index in [4.69, 9.17) is 22.3 Å². The maximum absolute atomic E-state index is 5.97. The number of piperidine rings is 1. The lowest BCUT2D eigenvalue weighted by Crippen LogP contribution is -2.38. The van der Waals surface area contributed by atoms with Gasteiger partial charge < -0.3 is 15.1 Å². The van der Waals surface area contributed by atoms with Crippen LogP contribution in [0.1, 0.15) is 25.3 Å². The molecule has 5 heteroatoms. The van der Waals surface area contributed by atoms with Gasteiger partial charge in [-0.2, -0.15) is 5.90 Å². The first kappa shape index (κ1) is 16.6. The third kappa shape index (κ3) is 5.15. The largest absolute Gasteiger partial charge is 0.411 e. The monoisotopic (exact) mass is 311 g/mol. The van der Waals surface area contributed by atoms with Crippen molar-refractivity contribution in [2.24, 2.45) is 11.8 Å². The van der Waals surface area contributed by atoms with Gasteiger partial charge >= 0.3 is 0 Å². The zero-order valence-corrected chi connectivity index (χ0v) is 13.5. The van der Waals surface area contributed by atoms with E-state index in [0.29, 0.717) is 16.7 Å². The molecule has 1 aliphatic rings. The Hall–Kier alpha value is -0.810. The number of hydrogen-bond acceptors (Lipinski definition) is 4. The Morgan fingerprint density at radius 3 is 2.81 bits per heavy atom. The highest BCUT2D eigenvalue weighted by atomic mass is 35.5. The van der Waals surface area contributed by atoms with Crippen LogP contribution in [0.2, 0.25) is 5.02 Å². The van der Waals surface area contributed by atoms with Crippen LogP contribution < -0.4 is 16.1 Å². The highest BCUT2D eigenvalue weighted by molar-refractivity contribution is 6.30. The van der Waals surface area contributed by atoms with E-state index < -0.39 is 0 Å². The Kier molecular flexibility index (Phi) is 6.77. The van der Waals surface area contributed by atoms with Crippen LogP contribution in [0, 0.1) is 5.92 Å². The Labute approximate surface area is 132 Å². The third-order valence-electron chi connectivity index (χ3n) is 4.23. The van der Waals surface area contributed by atoms with Gasteiger partial charge in [0.25, 0.3) is 0 Å². The molecule has 0 aromatic heterocycles. The Morgan fingerprint density at radius 1 is 1.38 bits per heavy atom.